The highest BCUT2D eigenvalue weighted by Crippen LogP contribution is 2.13. The van der Waals surface area contributed by atoms with Gasteiger partial charge in [0.1, 0.15) is 17.2 Å². The topological polar surface area (TPSA) is 63.2 Å². The zero-order chi connectivity index (χ0) is 17.6. The standard InChI is InChI=1S/C18H22FN3O2/c1-18(2,3)24-17(23)22-14-8-9-16(21-12-14)20-11-10-13-6-4-5-7-15(13)19/h4-9,12H,10-11H2,1-3H3,(H,20,21)(H,22,23). The Labute approximate surface area is 141 Å². The summed E-state index contributed by atoms with van der Waals surface area (Å²) in [5.74, 6) is 0.449. The second-order valence-corrected chi connectivity index (χ2v) is 6.33. The summed E-state index contributed by atoms with van der Waals surface area (Å²) in [6, 6.07) is 10.2. The summed E-state index contributed by atoms with van der Waals surface area (Å²) in [4.78, 5) is 15.9. The van der Waals surface area contributed by atoms with Gasteiger partial charge in [-0.3, -0.25) is 5.32 Å². The maximum Gasteiger partial charge on any atom is 0.412 e. The van der Waals surface area contributed by atoms with Crippen LogP contribution < -0.4 is 10.6 Å². The summed E-state index contributed by atoms with van der Waals surface area (Å²) >= 11 is 0. The lowest BCUT2D eigenvalue weighted by Gasteiger charge is -2.19. The molecule has 0 saturated heterocycles. The van der Waals surface area contributed by atoms with E-state index in [0.717, 1.165) is 0 Å². The van der Waals surface area contributed by atoms with Gasteiger partial charge in [-0.1, -0.05) is 18.2 Å². The van der Waals surface area contributed by atoms with Crippen LogP contribution in [0.4, 0.5) is 20.7 Å². The van der Waals surface area contributed by atoms with Crippen LogP contribution in [0.15, 0.2) is 42.6 Å². The zero-order valence-electron chi connectivity index (χ0n) is 14.1. The van der Waals surface area contributed by atoms with Crippen LogP contribution in [0.25, 0.3) is 0 Å². The molecule has 0 unspecified atom stereocenters. The van der Waals surface area contributed by atoms with Crippen LogP contribution in [0.3, 0.4) is 0 Å². The molecule has 6 heteroatoms. The summed E-state index contributed by atoms with van der Waals surface area (Å²) in [6.07, 6.45) is 1.58. The molecular weight excluding hydrogens is 309 g/mol. The van der Waals surface area contributed by atoms with Crippen LogP contribution >= 0.6 is 0 Å². The predicted octanol–water partition coefficient (Wildman–Crippen LogP) is 4.22. The second kappa shape index (κ2) is 7.77. The molecular formula is C18H22FN3O2. The molecule has 0 radical (unpaired) electrons. The number of benzene rings is 1. The Kier molecular flexibility index (Phi) is 5.73. The molecule has 0 bridgehead atoms. The van der Waals surface area contributed by atoms with E-state index in [1.807, 2.05) is 6.07 Å². The van der Waals surface area contributed by atoms with Crippen LogP contribution in [0.1, 0.15) is 26.3 Å². The summed E-state index contributed by atoms with van der Waals surface area (Å²) in [5, 5.41) is 5.73. The minimum atomic E-state index is -0.550. The maximum atomic E-state index is 13.5. The third-order valence-electron chi connectivity index (χ3n) is 3.07. The van der Waals surface area contributed by atoms with Crippen molar-refractivity contribution in [2.45, 2.75) is 32.8 Å². The molecule has 0 atom stereocenters. The number of amides is 1. The van der Waals surface area contributed by atoms with Crippen molar-refractivity contribution in [2.75, 3.05) is 17.2 Å². The Morgan fingerprint density at radius 1 is 1.21 bits per heavy atom. The number of aromatic nitrogens is 1. The van der Waals surface area contributed by atoms with Gasteiger partial charge < -0.3 is 10.1 Å². The molecule has 0 aliphatic carbocycles. The SMILES string of the molecule is CC(C)(C)OC(=O)Nc1ccc(NCCc2ccccc2F)nc1. The molecule has 1 aromatic carbocycles. The fraction of sp³-hybridized carbons (Fsp3) is 0.333. The van der Waals surface area contributed by atoms with E-state index in [4.69, 9.17) is 4.74 Å². The molecule has 5 nitrogen and oxygen atoms in total. The van der Waals surface area contributed by atoms with Gasteiger partial charge in [-0.15, -0.1) is 0 Å². The minimum absolute atomic E-state index is 0.204. The number of rotatable bonds is 5. The number of halogens is 1. The van der Waals surface area contributed by atoms with Crippen LogP contribution in [-0.4, -0.2) is 23.2 Å². The molecule has 2 rings (SSSR count). The van der Waals surface area contributed by atoms with Crippen molar-refractivity contribution < 1.29 is 13.9 Å². The van der Waals surface area contributed by atoms with E-state index in [0.29, 0.717) is 30.0 Å². The lowest BCUT2D eigenvalue weighted by molar-refractivity contribution is 0.0636. The molecule has 2 aromatic rings. The van der Waals surface area contributed by atoms with Crippen molar-refractivity contribution in [3.05, 3.63) is 54.0 Å². The Balaban J connectivity index is 1.82. The predicted molar refractivity (Wildman–Crippen MR) is 92.7 cm³/mol. The molecule has 24 heavy (non-hydrogen) atoms. The Hall–Kier alpha value is -2.63. The van der Waals surface area contributed by atoms with E-state index >= 15 is 0 Å². The highest BCUT2D eigenvalue weighted by Gasteiger charge is 2.16. The lowest BCUT2D eigenvalue weighted by atomic mass is 10.1. The summed E-state index contributed by atoms with van der Waals surface area (Å²) < 4.78 is 18.7. The molecule has 128 valence electrons. The largest absolute Gasteiger partial charge is 0.444 e. The van der Waals surface area contributed by atoms with Crippen molar-refractivity contribution in [1.29, 1.82) is 0 Å². The lowest BCUT2D eigenvalue weighted by Crippen LogP contribution is -2.27. The van der Waals surface area contributed by atoms with E-state index in [9.17, 15) is 9.18 Å². The van der Waals surface area contributed by atoms with Gasteiger partial charge in [0.15, 0.2) is 0 Å². The first kappa shape index (κ1) is 17.7. The minimum Gasteiger partial charge on any atom is -0.444 e. The highest BCUT2D eigenvalue weighted by atomic mass is 19.1. The van der Waals surface area contributed by atoms with E-state index in [1.165, 1.54) is 12.3 Å². The van der Waals surface area contributed by atoms with Crippen LogP contribution in [0.5, 0.6) is 0 Å². The quantitative estimate of drug-likeness (QED) is 0.861. The molecule has 0 aliphatic heterocycles. The number of anilines is 2. The molecule has 1 aromatic heterocycles. The third kappa shape index (κ3) is 5.87. The Morgan fingerprint density at radius 3 is 2.58 bits per heavy atom. The number of pyridine rings is 1. The smallest absolute Gasteiger partial charge is 0.412 e. The van der Waals surface area contributed by atoms with Crippen molar-refractivity contribution in [2.24, 2.45) is 0 Å². The molecule has 1 amide bonds. The van der Waals surface area contributed by atoms with Crippen LogP contribution in [-0.2, 0) is 11.2 Å². The van der Waals surface area contributed by atoms with Crippen molar-refractivity contribution in [1.82, 2.24) is 4.98 Å². The maximum absolute atomic E-state index is 13.5. The molecule has 0 fully saturated rings. The van der Waals surface area contributed by atoms with E-state index < -0.39 is 11.7 Å². The number of carbonyl (C=O) groups is 1. The van der Waals surface area contributed by atoms with E-state index in [-0.39, 0.29) is 5.82 Å². The van der Waals surface area contributed by atoms with Crippen molar-refractivity contribution in [3.63, 3.8) is 0 Å². The monoisotopic (exact) mass is 331 g/mol. The van der Waals surface area contributed by atoms with Gasteiger partial charge in [0.05, 0.1) is 11.9 Å². The van der Waals surface area contributed by atoms with Gasteiger partial charge in [-0.25, -0.2) is 14.2 Å². The fourth-order valence-corrected chi connectivity index (χ4v) is 2.02. The van der Waals surface area contributed by atoms with E-state index in [1.54, 1.807) is 45.0 Å². The van der Waals surface area contributed by atoms with Crippen LogP contribution in [0, 0.1) is 5.82 Å². The van der Waals surface area contributed by atoms with Gasteiger partial charge in [-0.2, -0.15) is 0 Å². The molecule has 0 aliphatic rings. The van der Waals surface area contributed by atoms with Gasteiger partial charge in [0.25, 0.3) is 0 Å². The van der Waals surface area contributed by atoms with E-state index in [2.05, 4.69) is 15.6 Å². The number of nitrogens with zero attached hydrogens (tertiary/aromatic N) is 1. The number of hydrogen-bond acceptors (Lipinski definition) is 4. The third-order valence-corrected chi connectivity index (χ3v) is 3.07. The van der Waals surface area contributed by atoms with Gasteiger partial charge in [0.2, 0.25) is 0 Å². The number of ether oxygens (including phenoxy) is 1. The van der Waals surface area contributed by atoms with Gasteiger partial charge >= 0.3 is 6.09 Å². The zero-order valence-corrected chi connectivity index (χ0v) is 14.1. The first-order valence-corrected chi connectivity index (χ1v) is 7.77. The molecule has 0 spiro atoms. The highest BCUT2D eigenvalue weighted by molar-refractivity contribution is 5.84. The first-order valence-electron chi connectivity index (χ1n) is 7.77. The summed E-state index contributed by atoms with van der Waals surface area (Å²) in [5.41, 5.74) is 0.656. The van der Waals surface area contributed by atoms with Crippen molar-refractivity contribution in [3.8, 4) is 0 Å². The normalized spacial score (nSPS) is 11.0. The fourth-order valence-electron chi connectivity index (χ4n) is 2.02. The first-order chi connectivity index (χ1) is 11.3. The summed E-state index contributed by atoms with van der Waals surface area (Å²) in [6.45, 7) is 5.96. The van der Waals surface area contributed by atoms with Crippen molar-refractivity contribution >= 4 is 17.6 Å². The molecule has 2 N–H and O–H groups in total. The molecule has 1 heterocycles. The van der Waals surface area contributed by atoms with Gasteiger partial charge in [-0.05, 0) is 51.0 Å². The number of nitrogens with one attached hydrogen (secondary N) is 2. The average molecular weight is 331 g/mol. The molecule has 0 saturated carbocycles. The van der Waals surface area contributed by atoms with Gasteiger partial charge in [0, 0.05) is 6.54 Å². The van der Waals surface area contributed by atoms with Crippen LogP contribution in [0.2, 0.25) is 0 Å². The second-order valence-electron chi connectivity index (χ2n) is 6.33. The Bertz CT molecular complexity index is 681. The number of carbonyl (C=O) groups excluding carboxylic acids is 1. The summed E-state index contributed by atoms with van der Waals surface area (Å²) in [7, 11) is 0. The number of hydrogen-bond donors (Lipinski definition) is 2. The average Bonchev–Trinajstić information content (AvgIpc) is 2.49. The Morgan fingerprint density at radius 2 is 1.96 bits per heavy atom.